The van der Waals surface area contributed by atoms with Crippen molar-refractivity contribution in [3.05, 3.63) is 29.0 Å². The smallest absolute Gasteiger partial charge is 0.257 e. The van der Waals surface area contributed by atoms with Gasteiger partial charge in [-0.3, -0.25) is 4.79 Å². The van der Waals surface area contributed by atoms with Crippen LogP contribution in [0.3, 0.4) is 0 Å². The minimum absolute atomic E-state index is 0.0225. The van der Waals surface area contributed by atoms with Gasteiger partial charge in [-0.1, -0.05) is 11.6 Å². The quantitative estimate of drug-likeness (QED) is 0.760. The number of aliphatic hydroxyl groups is 1. The molecule has 0 aromatic heterocycles. The monoisotopic (exact) mass is 261 g/mol. The zero-order valence-electron chi connectivity index (χ0n) is 9.08. The van der Waals surface area contributed by atoms with Gasteiger partial charge in [0.25, 0.3) is 5.91 Å². The first-order chi connectivity index (χ1) is 8.13. The lowest BCUT2D eigenvalue weighted by molar-refractivity contribution is -0.123. The number of amides is 1. The maximum Gasteiger partial charge on any atom is 0.257 e. The molecule has 1 aromatic rings. The van der Waals surface area contributed by atoms with Gasteiger partial charge in [-0.15, -0.1) is 0 Å². The Balaban J connectivity index is 2.34. The van der Waals surface area contributed by atoms with E-state index in [1.807, 2.05) is 0 Å². The van der Waals surface area contributed by atoms with E-state index in [0.717, 1.165) is 0 Å². The first-order valence-electron chi connectivity index (χ1n) is 5.09. The van der Waals surface area contributed by atoms with Crippen molar-refractivity contribution in [2.75, 3.05) is 19.8 Å². The Hall–Kier alpha value is -1.33. The van der Waals surface area contributed by atoms with Crippen molar-refractivity contribution in [3.63, 3.8) is 0 Å². The molecular formula is C11H13ClFNO3. The van der Waals surface area contributed by atoms with Gasteiger partial charge in [0.1, 0.15) is 11.6 Å². The highest BCUT2D eigenvalue weighted by Gasteiger charge is 2.04. The molecule has 0 saturated heterocycles. The standard InChI is InChI=1S/C11H13ClFNO3/c12-9-6-8(2-3-10(9)13)17-7-11(16)14-4-1-5-15/h2-3,6,15H,1,4-5,7H2,(H,14,16). The van der Waals surface area contributed by atoms with Crippen LogP contribution in [-0.4, -0.2) is 30.8 Å². The maximum atomic E-state index is 12.8. The lowest BCUT2D eigenvalue weighted by Gasteiger charge is -2.07. The summed E-state index contributed by atoms with van der Waals surface area (Å²) in [7, 11) is 0. The van der Waals surface area contributed by atoms with Crippen LogP contribution in [0.5, 0.6) is 5.75 Å². The Bertz CT molecular complexity index is 387. The number of ether oxygens (including phenoxy) is 1. The largest absolute Gasteiger partial charge is 0.484 e. The summed E-state index contributed by atoms with van der Waals surface area (Å²) in [4.78, 5) is 11.2. The number of aliphatic hydroxyl groups excluding tert-OH is 1. The average Bonchev–Trinajstić information content (AvgIpc) is 2.31. The zero-order chi connectivity index (χ0) is 12.7. The van der Waals surface area contributed by atoms with E-state index in [1.165, 1.54) is 18.2 Å². The van der Waals surface area contributed by atoms with E-state index in [2.05, 4.69) is 5.32 Å². The van der Waals surface area contributed by atoms with E-state index < -0.39 is 5.82 Å². The summed E-state index contributed by atoms with van der Waals surface area (Å²) in [5.41, 5.74) is 0. The van der Waals surface area contributed by atoms with Crippen LogP contribution < -0.4 is 10.1 Å². The number of rotatable bonds is 6. The molecule has 0 aliphatic rings. The van der Waals surface area contributed by atoms with Crippen LogP contribution in [0.4, 0.5) is 4.39 Å². The van der Waals surface area contributed by atoms with Gasteiger partial charge < -0.3 is 15.2 Å². The highest BCUT2D eigenvalue weighted by molar-refractivity contribution is 6.30. The van der Waals surface area contributed by atoms with Crippen LogP contribution >= 0.6 is 11.6 Å². The summed E-state index contributed by atoms with van der Waals surface area (Å²) in [6.45, 7) is 0.241. The summed E-state index contributed by atoms with van der Waals surface area (Å²) in [5.74, 6) is -0.515. The van der Waals surface area contributed by atoms with Gasteiger partial charge >= 0.3 is 0 Å². The third-order valence-electron chi connectivity index (χ3n) is 1.92. The number of hydrogen-bond acceptors (Lipinski definition) is 3. The van der Waals surface area contributed by atoms with Gasteiger partial charge in [-0.05, 0) is 18.6 Å². The minimum atomic E-state index is -0.536. The van der Waals surface area contributed by atoms with Crippen molar-refractivity contribution >= 4 is 17.5 Å². The Morgan fingerprint density at radius 1 is 1.53 bits per heavy atom. The molecule has 0 spiro atoms. The predicted molar refractivity (Wildman–Crippen MR) is 61.6 cm³/mol. The molecule has 0 fully saturated rings. The van der Waals surface area contributed by atoms with Gasteiger partial charge in [-0.2, -0.15) is 0 Å². The van der Waals surface area contributed by atoms with Crippen molar-refractivity contribution in [1.29, 1.82) is 0 Å². The van der Waals surface area contributed by atoms with Crippen LogP contribution in [-0.2, 0) is 4.79 Å². The van der Waals surface area contributed by atoms with Crippen LogP contribution in [0.15, 0.2) is 18.2 Å². The lowest BCUT2D eigenvalue weighted by atomic mass is 10.3. The second-order valence-corrected chi connectivity index (χ2v) is 3.70. The van der Waals surface area contributed by atoms with Crippen molar-refractivity contribution in [1.82, 2.24) is 5.32 Å². The fourth-order valence-electron chi connectivity index (χ4n) is 1.07. The van der Waals surface area contributed by atoms with Gasteiger partial charge in [0, 0.05) is 19.2 Å². The number of halogens is 2. The topological polar surface area (TPSA) is 58.6 Å². The van der Waals surface area contributed by atoms with E-state index in [9.17, 15) is 9.18 Å². The van der Waals surface area contributed by atoms with Gasteiger partial charge in [-0.25, -0.2) is 4.39 Å². The molecule has 0 heterocycles. The highest BCUT2D eigenvalue weighted by atomic mass is 35.5. The number of benzene rings is 1. The third-order valence-corrected chi connectivity index (χ3v) is 2.21. The molecule has 0 atom stereocenters. The van der Waals surface area contributed by atoms with Crippen LogP contribution in [0.1, 0.15) is 6.42 Å². The summed E-state index contributed by atoms with van der Waals surface area (Å²) in [6.07, 6.45) is 0.494. The van der Waals surface area contributed by atoms with Crippen molar-refractivity contribution < 1.29 is 19.0 Å². The molecule has 0 bridgehead atoms. The van der Waals surface area contributed by atoms with Crippen LogP contribution in [0.2, 0.25) is 5.02 Å². The zero-order valence-corrected chi connectivity index (χ0v) is 9.84. The van der Waals surface area contributed by atoms with Crippen LogP contribution in [0, 0.1) is 5.82 Å². The highest BCUT2D eigenvalue weighted by Crippen LogP contribution is 2.20. The molecular weight excluding hydrogens is 249 g/mol. The van der Waals surface area contributed by atoms with E-state index in [0.29, 0.717) is 18.7 Å². The number of nitrogens with one attached hydrogen (secondary N) is 1. The molecule has 1 rings (SSSR count). The average molecular weight is 262 g/mol. The van der Waals surface area contributed by atoms with Crippen molar-refractivity contribution in [2.45, 2.75) is 6.42 Å². The normalized spacial score (nSPS) is 10.1. The minimum Gasteiger partial charge on any atom is -0.484 e. The second kappa shape index (κ2) is 7.09. The summed E-state index contributed by atoms with van der Waals surface area (Å²) in [5, 5.41) is 11.0. The molecule has 1 amide bonds. The molecule has 6 heteroatoms. The summed E-state index contributed by atoms with van der Waals surface area (Å²) < 4.78 is 17.9. The second-order valence-electron chi connectivity index (χ2n) is 3.29. The Labute approximate surface area is 103 Å². The first-order valence-corrected chi connectivity index (χ1v) is 5.46. The van der Waals surface area contributed by atoms with Gasteiger partial charge in [0.2, 0.25) is 0 Å². The van der Waals surface area contributed by atoms with Crippen molar-refractivity contribution in [2.24, 2.45) is 0 Å². The Morgan fingerprint density at radius 3 is 2.94 bits per heavy atom. The van der Waals surface area contributed by atoms with E-state index in [1.54, 1.807) is 0 Å². The Morgan fingerprint density at radius 2 is 2.29 bits per heavy atom. The number of carbonyl (C=O) groups is 1. The summed E-state index contributed by atoms with van der Waals surface area (Å²) in [6, 6.07) is 3.86. The number of hydrogen-bond donors (Lipinski definition) is 2. The van der Waals surface area contributed by atoms with E-state index in [-0.39, 0.29) is 24.1 Å². The first kappa shape index (κ1) is 13.7. The lowest BCUT2D eigenvalue weighted by Crippen LogP contribution is -2.30. The maximum absolute atomic E-state index is 12.8. The third kappa shape index (κ3) is 5.01. The SMILES string of the molecule is O=C(COc1ccc(F)c(Cl)c1)NCCCO. The molecule has 4 nitrogen and oxygen atoms in total. The molecule has 0 aliphatic heterocycles. The van der Waals surface area contributed by atoms with Gasteiger partial charge in [0.05, 0.1) is 5.02 Å². The van der Waals surface area contributed by atoms with Crippen molar-refractivity contribution in [3.8, 4) is 5.75 Å². The number of carbonyl (C=O) groups excluding carboxylic acids is 1. The van der Waals surface area contributed by atoms with Gasteiger partial charge in [0.15, 0.2) is 6.61 Å². The van der Waals surface area contributed by atoms with Crippen LogP contribution in [0.25, 0.3) is 0 Å². The fourth-order valence-corrected chi connectivity index (χ4v) is 1.24. The molecule has 0 saturated carbocycles. The molecule has 94 valence electrons. The predicted octanol–water partition coefficient (Wildman–Crippen LogP) is 1.36. The molecule has 0 unspecified atom stereocenters. The van der Waals surface area contributed by atoms with E-state index >= 15 is 0 Å². The Kier molecular flexibility index (Phi) is 5.72. The fraction of sp³-hybridized carbons (Fsp3) is 0.364. The molecule has 2 N–H and O–H groups in total. The molecule has 17 heavy (non-hydrogen) atoms. The molecule has 0 aliphatic carbocycles. The molecule has 1 aromatic carbocycles. The van der Waals surface area contributed by atoms with E-state index in [4.69, 9.17) is 21.4 Å². The molecule has 0 radical (unpaired) electrons. The summed E-state index contributed by atoms with van der Waals surface area (Å²) >= 11 is 5.55.